The van der Waals surface area contributed by atoms with Crippen LogP contribution in [0.2, 0.25) is 0 Å². The first kappa shape index (κ1) is 18.8. The number of nitrogens with two attached hydrogens (primary N) is 2. The molecule has 0 radical (unpaired) electrons. The van der Waals surface area contributed by atoms with E-state index < -0.39 is 5.54 Å². The fourth-order valence-electron chi connectivity index (χ4n) is 3.61. The van der Waals surface area contributed by atoms with Gasteiger partial charge in [0.05, 0.1) is 12.6 Å². The van der Waals surface area contributed by atoms with Crippen LogP contribution in [-0.4, -0.2) is 42.6 Å². The highest BCUT2D eigenvalue weighted by molar-refractivity contribution is 7.05. The summed E-state index contributed by atoms with van der Waals surface area (Å²) < 4.78 is 9.83. The average molecular weight is 399 g/mol. The number of allylic oxidation sites excluding steroid dienone is 1. The molecule has 8 heteroatoms. The second kappa shape index (κ2) is 7.44. The van der Waals surface area contributed by atoms with Crippen molar-refractivity contribution in [1.82, 2.24) is 9.36 Å². The van der Waals surface area contributed by atoms with Gasteiger partial charge in [-0.3, -0.25) is 0 Å². The van der Waals surface area contributed by atoms with Gasteiger partial charge in [0.25, 0.3) is 0 Å². The van der Waals surface area contributed by atoms with E-state index in [1.54, 1.807) is 7.11 Å². The van der Waals surface area contributed by atoms with Crippen molar-refractivity contribution in [1.29, 1.82) is 0 Å². The fraction of sp³-hybridized carbons (Fsp3) is 0.400. The monoisotopic (exact) mass is 398 g/mol. The van der Waals surface area contributed by atoms with E-state index in [-0.39, 0.29) is 5.92 Å². The van der Waals surface area contributed by atoms with E-state index in [9.17, 15) is 0 Å². The molecule has 2 aliphatic rings. The van der Waals surface area contributed by atoms with Crippen molar-refractivity contribution < 1.29 is 4.74 Å². The highest BCUT2D eigenvalue weighted by Gasteiger charge is 2.36. The predicted octanol–water partition coefficient (Wildman–Crippen LogP) is 2.08. The summed E-state index contributed by atoms with van der Waals surface area (Å²) >= 11 is 1.38. The second-order valence-electron chi connectivity index (χ2n) is 7.29. The summed E-state index contributed by atoms with van der Waals surface area (Å²) in [4.78, 5) is 9.37. The molecule has 2 aromatic rings. The topological polar surface area (TPSA) is 93.5 Å². The first-order valence-electron chi connectivity index (χ1n) is 9.43. The molecule has 0 spiro atoms. The summed E-state index contributed by atoms with van der Waals surface area (Å²) in [6.07, 6.45) is 5.78. The van der Waals surface area contributed by atoms with E-state index in [1.165, 1.54) is 17.2 Å². The van der Waals surface area contributed by atoms with Gasteiger partial charge in [-0.05, 0) is 41.9 Å². The van der Waals surface area contributed by atoms with Gasteiger partial charge in [0.15, 0.2) is 0 Å². The van der Waals surface area contributed by atoms with Gasteiger partial charge in [0.2, 0.25) is 5.95 Å². The van der Waals surface area contributed by atoms with E-state index in [2.05, 4.69) is 33.2 Å². The molecule has 2 atom stereocenters. The van der Waals surface area contributed by atoms with Crippen LogP contribution in [0.15, 0.2) is 48.2 Å². The van der Waals surface area contributed by atoms with Crippen molar-refractivity contribution in [3.05, 3.63) is 53.2 Å². The van der Waals surface area contributed by atoms with Crippen molar-refractivity contribution in [2.24, 2.45) is 17.4 Å². The minimum atomic E-state index is -0.649. The number of hydrogen-bond acceptors (Lipinski definition) is 8. The maximum absolute atomic E-state index is 6.63. The van der Waals surface area contributed by atoms with E-state index in [0.29, 0.717) is 0 Å². The zero-order chi connectivity index (χ0) is 19.7. The lowest BCUT2D eigenvalue weighted by atomic mass is 9.82. The molecule has 1 aliphatic carbocycles. The molecule has 1 aromatic heterocycles. The summed E-state index contributed by atoms with van der Waals surface area (Å²) in [5.74, 6) is 1.72. The van der Waals surface area contributed by atoms with Gasteiger partial charge in [-0.25, -0.2) is 4.98 Å². The second-order valence-corrected chi connectivity index (χ2v) is 8.05. The zero-order valence-electron chi connectivity index (χ0n) is 16.2. The molecule has 2 unspecified atom stereocenters. The van der Waals surface area contributed by atoms with Crippen LogP contribution in [0, 0.1) is 5.92 Å². The minimum absolute atomic E-state index is 0.0743. The number of aromatic nitrogens is 2. The number of piperazine rings is 1. The highest BCUT2D eigenvalue weighted by atomic mass is 32.1. The van der Waals surface area contributed by atoms with Crippen LogP contribution in [0.3, 0.4) is 0 Å². The molecule has 0 saturated carbocycles. The standard InChI is InChI=1S/C20H26N6OS/c1-14-13-15(21)7-8-20(14,22)18-23-19(24-28-18)26-11-9-25(10-12-26)16-3-5-17(27-2)6-4-16/h3-8,13-14H,9-12,21-22H2,1-2H3. The number of benzene rings is 1. The lowest BCUT2D eigenvalue weighted by Gasteiger charge is -2.35. The Hall–Kier alpha value is -2.58. The molecule has 4 rings (SSSR count). The number of hydrogen-bond donors (Lipinski definition) is 2. The maximum Gasteiger partial charge on any atom is 0.237 e. The molecule has 4 N–H and O–H groups in total. The van der Waals surface area contributed by atoms with Crippen LogP contribution >= 0.6 is 11.5 Å². The Labute approximate surface area is 169 Å². The lowest BCUT2D eigenvalue weighted by Crippen LogP contribution is -2.47. The van der Waals surface area contributed by atoms with Crippen LogP contribution in [-0.2, 0) is 5.54 Å². The van der Waals surface area contributed by atoms with Gasteiger partial charge in [-0.1, -0.05) is 19.1 Å². The Morgan fingerprint density at radius 2 is 1.82 bits per heavy atom. The van der Waals surface area contributed by atoms with Gasteiger partial charge in [0.1, 0.15) is 10.8 Å². The number of rotatable bonds is 4. The van der Waals surface area contributed by atoms with Gasteiger partial charge in [0, 0.05) is 43.5 Å². The molecule has 28 heavy (non-hydrogen) atoms. The average Bonchev–Trinajstić information content (AvgIpc) is 3.22. The first-order valence-corrected chi connectivity index (χ1v) is 10.2. The summed E-state index contributed by atoms with van der Waals surface area (Å²) in [6, 6.07) is 8.19. The molecule has 148 valence electrons. The summed E-state index contributed by atoms with van der Waals surface area (Å²) in [7, 11) is 1.68. The van der Waals surface area contributed by atoms with Gasteiger partial charge in [-0.15, -0.1) is 0 Å². The van der Waals surface area contributed by atoms with Crippen LogP contribution in [0.5, 0.6) is 5.75 Å². The minimum Gasteiger partial charge on any atom is -0.497 e. The molecule has 1 aliphatic heterocycles. The third-order valence-corrected chi connectivity index (χ3v) is 6.41. The molecule has 2 heterocycles. The highest BCUT2D eigenvalue weighted by Crippen LogP contribution is 2.35. The molecule has 1 fully saturated rings. The Bertz CT molecular complexity index is 884. The van der Waals surface area contributed by atoms with Gasteiger partial charge >= 0.3 is 0 Å². The van der Waals surface area contributed by atoms with Crippen molar-refractivity contribution in [3.63, 3.8) is 0 Å². The number of nitrogens with zero attached hydrogens (tertiary/aromatic N) is 4. The van der Waals surface area contributed by atoms with E-state index in [4.69, 9.17) is 21.2 Å². The summed E-state index contributed by atoms with van der Waals surface area (Å²) in [5, 5.41) is 0.826. The Balaban J connectivity index is 1.42. The van der Waals surface area contributed by atoms with Crippen LogP contribution in [0.1, 0.15) is 11.9 Å². The normalized spacial score (nSPS) is 25.0. The smallest absolute Gasteiger partial charge is 0.237 e. The number of anilines is 2. The van der Waals surface area contributed by atoms with Crippen molar-refractivity contribution in [3.8, 4) is 5.75 Å². The molecule has 0 amide bonds. The maximum atomic E-state index is 6.63. The number of methoxy groups -OCH3 is 1. The first-order chi connectivity index (χ1) is 13.5. The van der Waals surface area contributed by atoms with Crippen molar-refractivity contribution >= 4 is 23.2 Å². The molecular formula is C20H26N6OS. The molecular weight excluding hydrogens is 372 g/mol. The van der Waals surface area contributed by atoms with Gasteiger partial charge in [-0.2, -0.15) is 4.37 Å². The quantitative estimate of drug-likeness (QED) is 0.814. The molecule has 7 nitrogen and oxygen atoms in total. The Kier molecular flexibility index (Phi) is 4.99. The van der Waals surface area contributed by atoms with E-state index in [1.807, 2.05) is 30.4 Å². The molecule has 1 aromatic carbocycles. The Morgan fingerprint density at radius 1 is 1.14 bits per heavy atom. The van der Waals surface area contributed by atoms with Crippen LogP contribution < -0.4 is 26.0 Å². The van der Waals surface area contributed by atoms with Crippen molar-refractivity contribution in [2.45, 2.75) is 12.5 Å². The molecule has 0 bridgehead atoms. The third-order valence-electron chi connectivity index (χ3n) is 5.53. The largest absolute Gasteiger partial charge is 0.497 e. The zero-order valence-corrected chi connectivity index (χ0v) is 17.0. The van der Waals surface area contributed by atoms with E-state index >= 15 is 0 Å². The lowest BCUT2D eigenvalue weighted by molar-refractivity contribution is 0.415. The van der Waals surface area contributed by atoms with Crippen LogP contribution in [0.4, 0.5) is 11.6 Å². The third kappa shape index (κ3) is 3.45. The predicted molar refractivity (Wildman–Crippen MR) is 114 cm³/mol. The SMILES string of the molecule is COc1ccc(N2CCN(c3nsc(C4(N)C=CC(N)=CC4C)n3)CC2)cc1. The van der Waals surface area contributed by atoms with E-state index in [0.717, 1.165) is 48.6 Å². The Morgan fingerprint density at radius 3 is 2.46 bits per heavy atom. The van der Waals surface area contributed by atoms with Gasteiger partial charge < -0.3 is 26.0 Å². The summed E-state index contributed by atoms with van der Waals surface area (Å²) in [5.41, 5.74) is 13.8. The summed E-state index contributed by atoms with van der Waals surface area (Å²) in [6.45, 7) is 5.65. The molecule has 1 saturated heterocycles. The number of ether oxygens (including phenoxy) is 1. The fourth-order valence-corrected chi connectivity index (χ4v) is 4.47. The van der Waals surface area contributed by atoms with Crippen LogP contribution in [0.25, 0.3) is 0 Å². The van der Waals surface area contributed by atoms with Crippen molar-refractivity contribution in [2.75, 3.05) is 43.1 Å².